The van der Waals surface area contributed by atoms with Crippen molar-refractivity contribution >= 4 is 11.6 Å². The first-order chi connectivity index (χ1) is 12.0. The molecule has 2 heterocycles. The van der Waals surface area contributed by atoms with Crippen LogP contribution in [-0.4, -0.2) is 45.1 Å². The number of nitrogens with zero attached hydrogens (tertiary/aromatic N) is 4. The van der Waals surface area contributed by atoms with Crippen LogP contribution in [-0.2, 0) is 0 Å². The summed E-state index contributed by atoms with van der Waals surface area (Å²) in [7, 11) is 0. The number of amides is 1. The topological polar surface area (TPSA) is 98.5 Å². The number of hydrogen-bond donors (Lipinski definition) is 0. The second-order valence-corrected chi connectivity index (χ2v) is 5.92. The van der Waals surface area contributed by atoms with E-state index in [0.29, 0.717) is 19.0 Å². The van der Waals surface area contributed by atoms with Crippen LogP contribution in [0.15, 0.2) is 36.4 Å². The first kappa shape index (κ1) is 16.8. The Balaban J connectivity index is 1.72. The number of para-hydroxylation sites is 1. The molecular weight excluding hydrogens is 324 g/mol. The lowest BCUT2D eigenvalue weighted by atomic mass is 10.1. The van der Waals surface area contributed by atoms with Crippen LogP contribution >= 0.6 is 0 Å². The predicted molar refractivity (Wildman–Crippen MR) is 89.4 cm³/mol. The molecule has 25 heavy (non-hydrogen) atoms. The van der Waals surface area contributed by atoms with E-state index in [2.05, 4.69) is 10.2 Å². The van der Waals surface area contributed by atoms with Crippen LogP contribution in [0.5, 0.6) is 5.88 Å². The number of nitro groups is 1. The quantitative estimate of drug-likeness (QED) is 0.625. The molecule has 2 aromatic rings. The van der Waals surface area contributed by atoms with Gasteiger partial charge in [-0.2, -0.15) is 5.10 Å². The van der Waals surface area contributed by atoms with Gasteiger partial charge in [-0.1, -0.05) is 12.1 Å². The van der Waals surface area contributed by atoms with Gasteiger partial charge in [0.15, 0.2) is 0 Å². The Bertz CT molecular complexity index is 778. The minimum atomic E-state index is -0.535. The minimum Gasteiger partial charge on any atom is -0.471 e. The van der Waals surface area contributed by atoms with E-state index >= 15 is 0 Å². The van der Waals surface area contributed by atoms with Crippen molar-refractivity contribution < 1.29 is 14.5 Å². The molecule has 1 unspecified atom stereocenters. The highest BCUT2D eigenvalue weighted by Crippen LogP contribution is 2.23. The van der Waals surface area contributed by atoms with Crippen LogP contribution < -0.4 is 4.74 Å². The number of aryl methyl sites for hydroxylation is 1. The summed E-state index contributed by atoms with van der Waals surface area (Å²) < 4.78 is 5.80. The maximum atomic E-state index is 12.7. The molecule has 1 saturated heterocycles. The van der Waals surface area contributed by atoms with Gasteiger partial charge < -0.3 is 9.64 Å². The third-order valence-corrected chi connectivity index (χ3v) is 4.06. The highest BCUT2D eigenvalue weighted by atomic mass is 16.6. The van der Waals surface area contributed by atoms with Crippen molar-refractivity contribution in [3.05, 3.63) is 57.8 Å². The van der Waals surface area contributed by atoms with Gasteiger partial charge >= 0.3 is 0 Å². The second-order valence-electron chi connectivity index (χ2n) is 5.92. The maximum absolute atomic E-state index is 12.7. The molecule has 8 nitrogen and oxygen atoms in total. The molecule has 1 aliphatic heterocycles. The summed E-state index contributed by atoms with van der Waals surface area (Å²) in [5.41, 5.74) is 0.715. The number of benzene rings is 1. The molecule has 8 heteroatoms. The molecule has 1 fully saturated rings. The molecule has 1 aromatic carbocycles. The van der Waals surface area contributed by atoms with Gasteiger partial charge in [-0.25, -0.2) is 0 Å². The number of hydrogen-bond acceptors (Lipinski definition) is 6. The van der Waals surface area contributed by atoms with E-state index in [4.69, 9.17) is 4.74 Å². The predicted octanol–water partition coefficient (Wildman–Crippen LogP) is 2.38. The van der Waals surface area contributed by atoms with Crippen LogP contribution in [0.3, 0.4) is 0 Å². The Morgan fingerprint density at radius 1 is 1.28 bits per heavy atom. The number of nitro benzene ring substituents is 1. The molecule has 0 spiro atoms. The molecular formula is C17H18N4O4. The molecule has 130 valence electrons. The van der Waals surface area contributed by atoms with Crippen LogP contribution in [0, 0.1) is 17.0 Å². The molecule has 0 bridgehead atoms. The fourth-order valence-corrected chi connectivity index (χ4v) is 2.82. The van der Waals surface area contributed by atoms with Crippen molar-refractivity contribution in [1.29, 1.82) is 0 Å². The largest absolute Gasteiger partial charge is 0.471 e. The smallest absolute Gasteiger partial charge is 0.282 e. The van der Waals surface area contributed by atoms with Gasteiger partial charge in [0.2, 0.25) is 5.88 Å². The van der Waals surface area contributed by atoms with Gasteiger partial charge in [0, 0.05) is 18.7 Å². The normalized spacial score (nSPS) is 17.2. The number of rotatable bonds is 4. The van der Waals surface area contributed by atoms with Crippen LogP contribution in [0.2, 0.25) is 0 Å². The SMILES string of the molecule is Cc1ccc(OC2CCCN(C(=O)c3ccccc3[N+](=O)[O-])C2)nn1. The molecule has 1 amide bonds. The van der Waals surface area contributed by atoms with Crippen LogP contribution in [0.4, 0.5) is 5.69 Å². The lowest BCUT2D eigenvalue weighted by Gasteiger charge is -2.32. The molecule has 1 atom stereocenters. The summed E-state index contributed by atoms with van der Waals surface area (Å²) in [6.45, 7) is 2.75. The number of carbonyl (C=O) groups is 1. The fraction of sp³-hybridized carbons (Fsp3) is 0.353. The lowest BCUT2D eigenvalue weighted by Crippen LogP contribution is -2.44. The highest BCUT2D eigenvalue weighted by Gasteiger charge is 2.29. The van der Waals surface area contributed by atoms with E-state index < -0.39 is 4.92 Å². The standard InChI is InChI=1S/C17H18N4O4/c1-12-8-9-16(19-18-12)25-13-5-4-10-20(11-13)17(22)14-6-2-3-7-15(14)21(23)24/h2-3,6-9,13H,4-5,10-11H2,1H3. The number of likely N-dealkylation sites (tertiary alicyclic amines) is 1. The summed E-state index contributed by atoms with van der Waals surface area (Å²) in [4.78, 5) is 24.9. The summed E-state index contributed by atoms with van der Waals surface area (Å²) in [5.74, 6) is 0.0613. The van der Waals surface area contributed by atoms with Crippen molar-refractivity contribution in [3.8, 4) is 5.88 Å². The van der Waals surface area contributed by atoms with Gasteiger partial charge in [-0.05, 0) is 31.9 Å². The summed E-state index contributed by atoms with van der Waals surface area (Å²) in [6, 6.07) is 9.54. The monoisotopic (exact) mass is 342 g/mol. The average Bonchev–Trinajstić information content (AvgIpc) is 2.63. The number of ether oxygens (including phenoxy) is 1. The highest BCUT2D eigenvalue weighted by molar-refractivity contribution is 5.98. The third kappa shape index (κ3) is 3.90. The maximum Gasteiger partial charge on any atom is 0.282 e. The number of carbonyl (C=O) groups excluding carboxylic acids is 1. The summed E-state index contributed by atoms with van der Waals surface area (Å²) in [5, 5.41) is 19.1. The molecule has 0 saturated carbocycles. The van der Waals surface area contributed by atoms with Gasteiger partial charge in [0.05, 0.1) is 17.2 Å². The lowest BCUT2D eigenvalue weighted by molar-refractivity contribution is -0.385. The number of aromatic nitrogens is 2. The zero-order chi connectivity index (χ0) is 17.8. The van der Waals surface area contributed by atoms with E-state index in [1.807, 2.05) is 6.92 Å². The van der Waals surface area contributed by atoms with Gasteiger partial charge in [-0.3, -0.25) is 14.9 Å². The fourth-order valence-electron chi connectivity index (χ4n) is 2.82. The summed E-state index contributed by atoms with van der Waals surface area (Å²) in [6.07, 6.45) is 1.34. The Labute approximate surface area is 144 Å². The van der Waals surface area contributed by atoms with E-state index in [-0.39, 0.29) is 23.3 Å². The van der Waals surface area contributed by atoms with Gasteiger partial charge in [0.25, 0.3) is 11.6 Å². The zero-order valence-corrected chi connectivity index (χ0v) is 13.8. The van der Waals surface area contributed by atoms with Crippen molar-refractivity contribution in [2.45, 2.75) is 25.9 Å². The zero-order valence-electron chi connectivity index (χ0n) is 13.8. The van der Waals surface area contributed by atoms with E-state index in [1.54, 1.807) is 29.2 Å². The second kappa shape index (κ2) is 7.25. The first-order valence-corrected chi connectivity index (χ1v) is 8.04. The molecule has 0 aliphatic carbocycles. The van der Waals surface area contributed by atoms with Gasteiger partial charge in [-0.15, -0.1) is 5.10 Å². The Morgan fingerprint density at radius 2 is 2.08 bits per heavy atom. The Kier molecular flexibility index (Phi) is 4.87. The van der Waals surface area contributed by atoms with Gasteiger partial charge in [0.1, 0.15) is 11.7 Å². The Hall–Kier alpha value is -3.03. The van der Waals surface area contributed by atoms with E-state index in [1.165, 1.54) is 12.1 Å². The van der Waals surface area contributed by atoms with E-state index in [9.17, 15) is 14.9 Å². The molecule has 0 radical (unpaired) electrons. The minimum absolute atomic E-state index is 0.100. The van der Waals surface area contributed by atoms with Crippen molar-refractivity contribution in [3.63, 3.8) is 0 Å². The molecule has 3 rings (SSSR count). The molecule has 1 aromatic heterocycles. The third-order valence-electron chi connectivity index (χ3n) is 4.06. The summed E-state index contributed by atoms with van der Waals surface area (Å²) >= 11 is 0. The van der Waals surface area contributed by atoms with Crippen molar-refractivity contribution in [1.82, 2.24) is 15.1 Å². The van der Waals surface area contributed by atoms with Crippen molar-refractivity contribution in [2.75, 3.05) is 13.1 Å². The Morgan fingerprint density at radius 3 is 2.80 bits per heavy atom. The van der Waals surface area contributed by atoms with Crippen LogP contribution in [0.1, 0.15) is 28.9 Å². The first-order valence-electron chi connectivity index (χ1n) is 8.04. The number of piperidine rings is 1. The van der Waals surface area contributed by atoms with Crippen molar-refractivity contribution in [2.24, 2.45) is 0 Å². The van der Waals surface area contributed by atoms with E-state index in [0.717, 1.165) is 18.5 Å². The molecule has 0 N–H and O–H groups in total. The molecule has 1 aliphatic rings. The van der Waals surface area contributed by atoms with Crippen LogP contribution in [0.25, 0.3) is 0 Å². The average molecular weight is 342 g/mol.